The summed E-state index contributed by atoms with van der Waals surface area (Å²) in [5.74, 6) is -1.01. The fourth-order valence-corrected chi connectivity index (χ4v) is 0.764. The standard InChI is InChI=1S/C4H5N4O2S/c1-2(3(9)10)8-4(11)5-6-7-8/h2H,1H3,(H,9,10). The predicted molar refractivity (Wildman–Crippen MR) is 36.0 cm³/mol. The molecule has 6 nitrogen and oxygen atoms in total. The Hall–Kier alpha value is -1.24. The van der Waals surface area contributed by atoms with Gasteiger partial charge >= 0.3 is 5.97 Å². The summed E-state index contributed by atoms with van der Waals surface area (Å²) in [5.41, 5.74) is 0. The Morgan fingerprint density at radius 3 is 2.82 bits per heavy atom. The highest BCUT2D eigenvalue weighted by Gasteiger charge is 2.17. The van der Waals surface area contributed by atoms with Crippen LogP contribution in [0.1, 0.15) is 13.0 Å². The minimum Gasteiger partial charge on any atom is -0.480 e. The molecule has 1 unspecified atom stereocenters. The molecule has 0 aliphatic rings. The first-order valence-electron chi connectivity index (χ1n) is 2.80. The van der Waals surface area contributed by atoms with Crippen LogP contribution in [0.5, 0.6) is 0 Å². The fourth-order valence-electron chi connectivity index (χ4n) is 0.533. The normalized spacial score (nSPS) is 12.8. The van der Waals surface area contributed by atoms with Crippen LogP contribution < -0.4 is 0 Å². The van der Waals surface area contributed by atoms with Gasteiger partial charge in [0.15, 0.2) is 6.04 Å². The molecule has 1 aromatic rings. The van der Waals surface area contributed by atoms with Crippen molar-refractivity contribution in [3.63, 3.8) is 0 Å². The zero-order chi connectivity index (χ0) is 8.43. The predicted octanol–water partition coefficient (Wildman–Crippen LogP) is -0.125. The van der Waals surface area contributed by atoms with Gasteiger partial charge in [-0.05, 0) is 30.0 Å². The zero-order valence-electron chi connectivity index (χ0n) is 5.63. The molecule has 0 amide bonds. The van der Waals surface area contributed by atoms with Gasteiger partial charge in [0.1, 0.15) is 0 Å². The number of rotatable bonds is 2. The van der Waals surface area contributed by atoms with E-state index in [4.69, 9.17) is 5.11 Å². The van der Waals surface area contributed by atoms with Crippen molar-refractivity contribution < 1.29 is 9.90 Å². The maximum Gasteiger partial charge on any atom is 0.328 e. The summed E-state index contributed by atoms with van der Waals surface area (Å²) in [4.78, 5) is 10.4. The number of tetrazole rings is 1. The van der Waals surface area contributed by atoms with Crippen LogP contribution >= 0.6 is 12.6 Å². The molecule has 1 heterocycles. The van der Waals surface area contributed by atoms with Crippen LogP contribution in [0.3, 0.4) is 0 Å². The molecule has 0 aromatic carbocycles. The van der Waals surface area contributed by atoms with E-state index in [1.54, 1.807) is 0 Å². The minimum atomic E-state index is -1.01. The Morgan fingerprint density at radius 1 is 1.82 bits per heavy atom. The van der Waals surface area contributed by atoms with E-state index < -0.39 is 12.0 Å². The summed E-state index contributed by atoms with van der Waals surface area (Å²) in [7, 11) is 0. The molecule has 0 saturated carbocycles. The number of carbonyl (C=O) groups is 1. The van der Waals surface area contributed by atoms with Gasteiger partial charge in [-0.3, -0.25) is 0 Å². The van der Waals surface area contributed by atoms with Crippen LogP contribution in [-0.2, 0) is 4.79 Å². The van der Waals surface area contributed by atoms with E-state index in [-0.39, 0.29) is 5.16 Å². The average molecular weight is 173 g/mol. The Bertz CT molecular complexity index is 273. The Morgan fingerprint density at radius 2 is 2.45 bits per heavy atom. The highest BCUT2D eigenvalue weighted by atomic mass is 32.1. The van der Waals surface area contributed by atoms with E-state index in [9.17, 15) is 4.79 Å². The number of nitrogens with zero attached hydrogens (tertiary/aromatic N) is 4. The van der Waals surface area contributed by atoms with E-state index in [1.807, 2.05) is 0 Å². The van der Waals surface area contributed by atoms with Crippen molar-refractivity contribution >= 4 is 18.6 Å². The smallest absolute Gasteiger partial charge is 0.328 e. The quantitative estimate of drug-likeness (QED) is 0.674. The van der Waals surface area contributed by atoms with Crippen LogP contribution in [0.25, 0.3) is 0 Å². The molecule has 11 heavy (non-hydrogen) atoms. The van der Waals surface area contributed by atoms with Gasteiger partial charge < -0.3 is 5.11 Å². The number of carboxylic acid groups (broad SMARTS) is 1. The second-order valence-electron chi connectivity index (χ2n) is 1.92. The van der Waals surface area contributed by atoms with Gasteiger partial charge in [0.05, 0.1) is 0 Å². The van der Waals surface area contributed by atoms with Crippen molar-refractivity contribution in [3.05, 3.63) is 0 Å². The number of hydrogen-bond acceptors (Lipinski definition) is 4. The van der Waals surface area contributed by atoms with Gasteiger partial charge in [0.25, 0.3) is 0 Å². The molecule has 0 aliphatic heterocycles. The number of carboxylic acids is 1. The first-order valence-corrected chi connectivity index (χ1v) is 3.21. The van der Waals surface area contributed by atoms with Gasteiger partial charge in [-0.2, -0.15) is 0 Å². The average Bonchev–Trinajstić information content (AvgIpc) is 2.33. The molecule has 0 aliphatic carbocycles. The first kappa shape index (κ1) is 7.86. The third kappa shape index (κ3) is 1.43. The monoisotopic (exact) mass is 173 g/mol. The van der Waals surface area contributed by atoms with E-state index in [0.29, 0.717) is 0 Å². The Kier molecular flexibility index (Phi) is 1.99. The summed E-state index contributed by atoms with van der Waals surface area (Å²) >= 11 is 4.64. The Labute approximate surface area is 67.6 Å². The molecule has 1 atom stereocenters. The lowest BCUT2D eigenvalue weighted by molar-refractivity contribution is -0.140. The molecule has 59 valence electrons. The largest absolute Gasteiger partial charge is 0.480 e. The molecule has 1 N–H and O–H groups in total. The van der Waals surface area contributed by atoms with Crippen molar-refractivity contribution in [2.75, 3.05) is 0 Å². The lowest BCUT2D eigenvalue weighted by Crippen LogP contribution is -2.17. The number of aliphatic carboxylic acids is 1. The summed E-state index contributed by atoms with van der Waals surface area (Å²) in [5, 5.41) is 18.6. The highest BCUT2D eigenvalue weighted by molar-refractivity contribution is 7.80. The molecule has 1 aromatic heterocycles. The van der Waals surface area contributed by atoms with Crippen LogP contribution in [-0.4, -0.2) is 31.3 Å². The molecule has 0 fully saturated rings. The van der Waals surface area contributed by atoms with Crippen LogP contribution in [0, 0.1) is 0 Å². The molecule has 1 radical (unpaired) electrons. The zero-order valence-corrected chi connectivity index (χ0v) is 6.45. The molecular formula is C4H5N4O2S. The maximum atomic E-state index is 10.4. The minimum absolute atomic E-state index is 0.0832. The molecule has 1 rings (SSSR count). The van der Waals surface area contributed by atoms with Gasteiger partial charge in [-0.1, -0.05) is 5.10 Å². The topological polar surface area (TPSA) is 80.9 Å². The van der Waals surface area contributed by atoms with E-state index in [0.717, 1.165) is 4.68 Å². The van der Waals surface area contributed by atoms with Crippen molar-refractivity contribution in [2.45, 2.75) is 18.1 Å². The van der Waals surface area contributed by atoms with Gasteiger partial charge in [-0.25, -0.2) is 9.48 Å². The fraction of sp³-hybridized carbons (Fsp3) is 0.500. The third-order valence-corrected chi connectivity index (χ3v) is 1.46. The van der Waals surface area contributed by atoms with Crippen molar-refractivity contribution in [2.24, 2.45) is 0 Å². The van der Waals surface area contributed by atoms with Crippen LogP contribution in [0.15, 0.2) is 5.16 Å². The number of hydrogen-bond donors (Lipinski definition) is 1. The second-order valence-corrected chi connectivity index (χ2v) is 2.29. The number of aromatic nitrogens is 4. The summed E-state index contributed by atoms with van der Waals surface area (Å²) < 4.78 is 1.07. The second kappa shape index (κ2) is 2.79. The highest BCUT2D eigenvalue weighted by Crippen LogP contribution is 2.07. The first-order chi connectivity index (χ1) is 5.13. The lowest BCUT2D eigenvalue weighted by atomic mass is 10.4. The summed E-state index contributed by atoms with van der Waals surface area (Å²) in [6.45, 7) is 1.45. The van der Waals surface area contributed by atoms with Crippen molar-refractivity contribution in [3.8, 4) is 0 Å². The molecule has 0 bridgehead atoms. The molecule has 0 spiro atoms. The van der Waals surface area contributed by atoms with E-state index in [2.05, 4.69) is 28.2 Å². The van der Waals surface area contributed by atoms with Crippen LogP contribution in [0.4, 0.5) is 0 Å². The van der Waals surface area contributed by atoms with E-state index in [1.165, 1.54) is 6.92 Å². The van der Waals surface area contributed by atoms with Gasteiger partial charge in [-0.15, -0.1) is 0 Å². The lowest BCUT2D eigenvalue weighted by Gasteiger charge is -2.03. The third-order valence-electron chi connectivity index (χ3n) is 1.19. The summed E-state index contributed by atoms with van der Waals surface area (Å²) in [6, 6.07) is -0.808. The van der Waals surface area contributed by atoms with Gasteiger partial charge in [0, 0.05) is 0 Å². The molecule has 0 saturated heterocycles. The maximum absolute atomic E-state index is 10.4. The van der Waals surface area contributed by atoms with Crippen molar-refractivity contribution in [1.29, 1.82) is 0 Å². The van der Waals surface area contributed by atoms with Gasteiger partial charge in [0.2, 0.25) is 5.16 Å². The molecule has 7 heteroatoms. The molecular weight excluding hydrogens is 168 g/mol. The van der Waals surface area contributed by atoms with Crippen molar-refractivity contribution in [1.82, 2.24) is 20.2 Å². The summed E-state index contributed by atoms with van der Waals surface area (Å²) in [6.07, 6.45) is 0. The van der Waals surface area contributed by atoms with Crippen LogP contribution in [0.2, 0.25) is 0 Å². The SMILES string of the molecule is CC(C(=O)O)n1nnnc1[S]. The Balaban J connectivity index is 2.92. The van der Waals surface area contributed by atoms with E-state index >= 15 is 0 Å².